The lowest BCUT2D eigenvalue weighted by atomic mass is 10.2. The van der Waals surface area contributed by atoms with Crippen LogP contribution in [0.2, 0.25) is 0 Å². The van der Waals surface area contributed by atoms with E-state index in [9.17, 15) is 4.79 Å². The fourth-order valence-corrected chi connectivity index (χ4v) is 5.58. The second kappa shape index (κ2) is 9.87. The van der Waals surface area contributed by atoms with Gasteiger partial charge in [-0.3, -0.25) is 9.36 Å². The number of hydrogen-bond donors (Lipinski definition) is 0. The largest absolute Gasteiger partial charge is 0.379 e. The highest BCUT2D eigenvalue weighted by Gasteiger charge is 2.13. The van der Waals surface area contributed by atoms with E-state index in [1.54, 1.807) is 39.0 Å². The van der Waals surface area contributed by atoms with Crippen molar-refractivity contribution in [3.63, 3.8) is 0 Å². The van der Waals surface area contributed by atoms with Crippen molar-refractivity contribution in [2.75, 3.05) is 6.61 Å². The van der Waals surface area contributed by atoms with Gasteiger partial charge in [0.05, 0.1) is 22.7 Å². The molecular formula is C22H23N3O2S3. The SMILES string of the molecule is CC(C)OCCCn1c(SCc2csc(-c3ccsc3)n2)nc2ccccc2c1=O. The predicted molar refractivity (Wildman–Crippen MR) is 127 cm³/mol. The molecule has 0 bridgehead atoms. The lowest BCUT2D eigenvalue weighted by Crippen LogP contribution is -2.24. The van der Waals surface area contributed by atoms with Gasteiger partial charge in [-0.25, -0.2) is 9.97 Å². The zero-order valence-corrected chi connectivity index (χ0v) is 19.4. The van der Waals surface area contributed by atoms with Crippen molar-refractivity contribution in [3.05, 3.63) is 62.5 Å². The van der Waals surface area contributed by atoms with E-state index in [2.05, 4.69) is 22.2 Å². The van der Waals surface area contributed by atoms with Crippen LogP contribution in [0.3, 0.4) is 0 Å². The van der Waals surface area contributed by atoms with Crippen LogP contribution >= 0.6 is 34.4 Å². The van der Waals surface area contributed by atoms with Crippen LogP contribution in [0.1, 0.15) is 26.0 Å². The van der Waals surface area contributed by atoms with Gasteiger partial charge in [0.15, 0.2) is 5.16 Å². The molecule has 1 aromatic carbocycles. The van der Waals surface area contributed by atoms with Crippen molar-refractivity contribution >= 4 is 45.3 Å². The Bertz CT molecular complexity index is 1170. The summed E-state index contributed by atoms with van der Waals surface area (Å²) >= 11 is 4.88. The Morgan fingerprint density at radius 2 is 2.03 bits per heavy atom. The summed E-state index contributed by atoms with van der Waals surface area (Å²) in [6.07, 6.45) is 0.956. The van der Waals surface area contributed by atoms with E-state index in [1.807, 2.05) is 38.1 Å². The van der Waals surface area contributed by atoms with Crippen LogP contribution in [0.15, 0.2) is 56.4 Å². The van der Waals surface area contributed by atoms with Crippen LogP contribution in [-0.4, -0.2) is 27.2 Å². The molecule has 0 aliphatic heterocycles. The third-order valence-electron chi connectivity index (χ3n) is 4.47. The Labute approximate surface area is 187 Å². The van der Waals surface area contributed by atoms with Crippen LogP contribution in [0.4, 0.5) is 0 Å². The molecular weight excluding hydrogens is 434 g/mol. The maximum Gasteiger partial charge on any atom is 0.262 e. The minimum absolute atomic E-state index is 0.00452. The van der Waals surface area contributed by atoms with E-state index < -0.39 is 0 Å². The molecule has 0 fully saturated rings. The topological polar surface area (TPSA) is 57.0 Å². The first-order valence-electron chi connectivity index (χ1n) is 9.83. The molecule has 0 atom stereocenters. The lowest BCUT2D eigenvalue weighted by molar-refractivity contribution is 0.0743. The number of thiazole rings is 1. The summed E-state index contributed by atoms with van der Waals surface area (Å²) in [5, 5.41) is 8.67. The molecule has 3 aromatic heterocycles. The molecule has 0 unspecified atom stereocenters. The van der Waals surface area contributed by atoms with Gasteiger partial charge < -0.3 is 4.74 Å². The normalized spacial score (nSPS) is 11.6. The molecule has 4 rings (SSSR count). The highest BCUT2D eigenvalue weighted by molar-refractivity contribution is 7.98. The van der Waals surface area contributed by atoms with Gasteiger partial charge in [0.25, 0.3) is 5.56 Å². The highest BCUT2D eigenvalue weighted by Crippen LogP contribution is 2.29. The number of hydrogen-bond acceptors (Lipinski definition) is 7. The number of thioether (sulfide) groups is 1. The van der Waals surface area contributed by atoms with Gasteiger partial charge in [0.1, 0.15) is 5.01 Å². The summed E-state index contributed by atoms with van der Waals surface area (Å²) in [5.41, 5.74) is 2.90. The molecule has 156 valence electrons. The van der Waals surface area contributed by atoms with Gasteiger partial charge in [-0.2, -0.15) is 11.3 Å². The molecule has 4 aromatic rings. The number of benzene rings is 1. The predicted octanol–water partition coefficient (Wildman–Crippen LogP) is 5.69. The summed E-state index contributed by atoms with van der Waals surface area (Å²) in [6, 6.07) is 9.61. The Balaban J connectivity index is 1.55. The molecule has 0 aliphatic carbocycles. The van der Waals surface area contributed by atoms with Crippen molar-refractivity contribution < 1.29 is 4.74 Å². The summed E-state index contributed by atoms with van der Waals surface area (Å²) in [4.78, 5) is 22.6. The molecule has 0 aliphatic rings. The van der Waals surface area contributed by atoms with Crippen molar-refractivity contribution in [1.82, 2.24) is 14.5 Å². The van der Waals surface area contributed by atoms with Gasteiger partial charge in [-0.15, -0.1) is 11.3 Å². The summed E-state index contributed by atoms with van der Waals surface area (Å²) in [7, 11) is 0. The lowest BCUT2D eigenvalue weighted by Gasteiger charge is -2.13. The Morgan fingerprint density at radius 3 is 2.83 bits per heavy atom. The average molecular weight is 458 g/mol. The number of rotatable bonds is 9. The number of fused-ring (bicyclic) bond motifs is 1. The highest BCUT2D eigenvalue weighted by atomic mass is 32.2. The van der Waals surface area contributed by atoms with Gasteiger partial charge >= 0.3 is 0 Å². The molecule has 0 amide bonds. The maximum absolute atomic E-state index is 13.1. The summed E-state index contributed by atoms with van der Waals surface area (Å²) in [6.45, 7) is 5.24. The number of thiophene rings is 1. The summed E-state index contributed by atoms with van der Waals surface area (Å²) in [5.74, 6) is 0.675. The molecule has 5 nitrogen and oxygen atoms in total. The molecule has 0 saturated carbocycles. The monoisotopic (exact) mass is 457 g/mol. The van der Waals surface area contributed by atoms with Gasteiger partial charge in [-0.1, -0.05) is 23.9 Å². The maximum atomic E-state index is 13.1. The van der Waals surface area contributed by atoms with Crippen LogP contribution in [-0.2, 0) is 17.0 Å². The van der Waals surface area contributed by atoms with Crippen LogP contribution in [0, 0.1) is 0 Å². The first kappa shape index (κ1) is 21.2. The molecule has 30 heavy (non-hydrogen) atoms. The van der Waals surface area contributed by atoms with Crippen LogP contribution in [0.5, 0.6) is 0 Å². The van der Waals surface area contributed by atoms with Crippen molar-refractivity contribution in [2.24, 2.45) is 0 Å². The molecule has 8 heteroatoms. The zero-order chi connectivity index (χ0) is 20.9. The number of aromatic nitrogens is 3. The molecule has 0 saturated heterocycles. The average Bonchev–Trinajstić information content (AvgIpc) is 3.43. The minimum Gasteiger partial charge on any atom is -0.379 e. The Morgan fingerprint density at radius 1 is 1.17 bits per heavy atom. The van der Waals surface area contributed by atoms with E-state index in [-0.39, 0.29) is 11.7 Å². The first-order valence-corrected chi connectivity index (χ1v) is 12.6. The number of nitrogens with zero attached hydrogens (tertiary/aromatic N) is 3. The van der Waals surface area contributed by atoms with E-state index in [1.165, 1.54) is 0 Å². The molecule has 0 radical (unpaired) electrons. The third-order valence-corrected chi connectivity index (χ3v) is 7.11. The van der Waals surface area contributed by atoms with E-state index >= 15 is 0 Å². The molecule has 3 heterocycles. The van der Waals surface area contributed by atoms with Gasteiger partial charge in [0.2, 0.25) is 0 Å². The fraction of sp³-hybridized carbons (Fsp3) is 0.318. The number of para-hydroxylation sites is 1. The quantitative estimate of drug-likeness (QED) is 0.184. The van der Waals surface area contributed by atoms with Crippen LogP contribution in [0.25, 0.3) is 21.5 Å². The Hall–Kier alpha value is -2.00. The fourth-order valence-electron chi connectivity index (χ4n) is 3.03. The molecule has 0 spiro atoms. The van der Waals surface area contributed by atoms with E-state index in [0.717, 1.165) is 33.4 Å². The van der Waals surface area contributed by atoms with E-state index in [0.29, 0.717) is 24.3 Å². The second-order valence-electron chi connectivity index (χ2n) is 7.09. The minimum atomic E-state index is 0.00452. The zero-order valence-electron chi connectivity index (χ0n) is 16.9. The smallest absolute Gasteiger partial charge is 0.262 e. The van der Waals surface area contributed by atoms with Crippen LogP contribution < -0.4 is 5.56 Å². The summed E-state index contributed by atoms with van der Waals surface area (Å²) < 4.78 is 7.43. The third kappa shape index (κ3) is 5.00. The van der Waals surface area contributed by atoms with Gasteiger partial charge in [-0.05, 0) is 43.8 Å². The molecule has 0 N–H and O–H groups in total. The Kier molecular flexibility index (Phi) is 6.99. The van der Waals surface area contributed by atoms with Crippen molar-refractivity contribution in [2.45, 2.75) is 43.8 Å². The van der Waals surface area contributed by atoms with Crippen molar-refractivity contribution in [1.29, 1.82) is 0 Å². The first-order chi connectivity index (χ1) is 14.6. The number of ether oxygens (including phenoxy) is 1. The standard InChI is InChI=1S/C22H23N3O2S3/c1-15(2)27-10-5-9-25-21(26)18-6-3-4-7-19(18)24-22(25)30-14-17-13-29-20(23-17)16-8-11-28-12-16/h3-4,6-8,11-13,15H,5,9-10,14H2,1-2H3. The van der Waals surface area contributed by atoms with Crippen molar-refractivity contribution in [3.8, 4) is 10.6 Å². The second-order valence-corrected chi connectivity index (χ2v) is 9.67. The van der Waals surface area contributed by atoms with Gasteiger partial charge in [0, 0.05) is 35.2 Å². The van der Waals surface area contributed by atoms with E-state index in [4.69, 9.17) is 14.7 Å².